The maximum Gasteiger partial charge on any atom is 0.325 e. The Balaban J connectivity index is 1.42. The van der Waals surface area contributed by atoms with E-state index >= 15 is 0 Å². The van der Waals surface area contributed by atoms with Gasteiger partial charge in [-0.1, -0.05) is 30.3 Å². The molecule has 0 radical (unpaired) electrons. The van der Waals surface area contributed by atoms with Crippen molar-refractivity contribution in [1.29, 1.82) is 0 Å². The molecular formula is C29H30N4O4. The van der Waals surface area contributed by atoms with Crippen LogP contribution in [0, 0.1) is 0 Å². The van der Waals surface area contributed by atoms with E-state index in [2.05, 4.69) is 44.9 Å². The highest BCUT2D eigenvalue weighted by Crippen LogP contribution is 2.34. The molecule has 2 atom stereocenters. The molecule has 1 aliphatic heterocycles. The van der Waals surface area contributed by atoms with Crippen LogP contribution in [0.5, 0.6) is 34.9 Å². The number of rotatable bonds is 9. The Morgan fingerprint density at radius 3 is 2.05 bits per heavy atom. The highest BCUT2D eigenvalue weighted by atomic mass is 16.5. The zero-order chi connectivity index (χ0) is 25.5. The van der Waals surface area contributed by atoms with Crippen LogP contribution in [0.3, 0.4) is 0 Å². The lowest BCUT2D eigenvalue weighted by Crippen LogP contribution is -2.44. The van der Waals surface area contributed by atoms with Gasteiger partial charge < -0.3 is 29.6 Å². The fourth-order valence-corrected chi connectivity index (χ4v) is 4.39. The first kappa shape index (κ1) is 24.4. The van der Waals surface area contributed by atoms with Gasteiger partial charge in [0.1, 0.15) is 28.7 Å². The quantitative estimate of drug-likeness (QED) is 0.307. The number of methoxy groups -OCH3 is 2. The van der Waals surface area contributed by atoms with Gasteiger partial charge in [0.25, 0.3) is 0 Å². The van der Waals surface area contributed by atoms with Crippen molar-refractivity contribution in [2.45, 2.75) is 18.4 Å². The van der Waals surface area contributed by atoms with Crippen LogP contribution in [-0.4, -0.2) is 43.3 Å². The summed E-state index contributed by atoms with van der Waals surface area (Å²) in [4.78, 5) is 9.07. The Hall–Kier alpha value is -4.30. The molecule has 8 heteroatoms. The van der Waals surface area contributed by atoms with E-state index in [1.54, 1.807) is 32.5 Å². The van der Waals surface area contributed by atoms with Crippen LogP contribution >= 0.6 is 0 Å². The van der Waals surface area contributed by atoms with Crippen LogP contribution in [0.2, 0.25) is 0 Å². The largest absolute Gasteiger partial charge is 0.497 e. The minimum atomic E-state index is 0.131. The summed E-state index contributed by atoms with van der Waals surface area (Å²) in [6.07, 6.45) is 2.73. The molecule has 0 aliphatic carbocycles. The Morgan fingerprint density at radius 2 is 1.41 bits per heavy atom. The Bertz CT molecular complexity index is 1280. The molecule has 0 bridgehead atoms. The number of hydrogen-bond donors (Lipinski definition) is 2. The lowest BCUT2D eigenvalue weighted by molar-refractivity contribution is 0.399. The van der Waals surface area contributed by atoms with Gasteiger partial charge >= 0.3 is 6.01 Å². The van der Waals surface area contributed by atoms with E-state index in [1.807, 2.05) is 42.5 Å². The van der Waals surface area contributed by atoms with Gasteiger partial charge in [-0.15, -0.1) is 0 Å². The minimum absolute atomic E-state index is 0.131. The topological polar surface area (TPSA) is 86.8 Å². The summed E-state index contributed by atoms with van der Waals surface area (Å²) >= 11 is 0. The van der Waals surface area contributed by atoms with E-state index < -0.39 is 0 Å². The summed E-state index contributed by atoms with van der Waals surface area (Å²) in [6, 6.07) is 25.5. The first-order chi connectivity index (χ1) is 18.2. The first-order valence-electron chi connectivity index (χ1n) is 12.2. The highest BCUT2D eigenvalue weighted by molar-refractivity contribution is 5.54. The summed E-state index contributed by atoms with van der Waals surface area (Å²) in [5.74, 6) is 3.42. The van der Waals surface area contributed by atoms with E-state index in [9.17, 15) is 0 Å². The molecule has 8 nitrogen and oxygen atoms in total. The number of aromatic nitrogens is 2. The van der Waals surface area contributed by atoms with Crippen molar-refractivity contribution in [2.24, 2.45) is 0 Å². The van der Waals surface area contributed by atoms with E-state index in [0.717, 1.165) is 31.0 Å². The maximum atomic E-state index is 6.22. The molecule has 0 spiro atoms. The number of nitrogens with one attached hydrogen (secondary N) is 2. The number of ether oxygens (including phenoxy) is 4. The van der Waals surface area contributed by atoms with Crippen molar-refractivity contribution in [3.63, 3.8) is 0 Å². The Morgan fingerprint density at radius 1 is 0.784 bits per heavy atom. The molecule has 0 amide bonds. The second kappa shape index (κ2) is 11.6. The van der Waals surface area contributed by atoms with Crippen LogP contribution in [-0.2, 0) is 0 Å². The third-order valence-electron chi connectivity index (χ3n) is 6.32. The highest BCUT2D eigenvalue weighted by Gasteiger charge is 2.27. The Kier molecular flexibility index (Phi) is 7.66. The van der Waals surface area contributed by atoms with Crippen molar-refractivity contribution in [2.75, 3.05) is 32.6 Å². The Labute approximate surface area is 216 Å². The van der Waals surface area contributed by atoms with E-state index in [0.29, 0.717) is 29.0 Å². The van der Waals surface area contributed by atoms with Crippen LogP contribution in [0.15, 0.2) is 85.1 Å². The summed E-state index contributed by atoms with van der Waals surface area (Å²) in [5.41, 5.74) is 1.99. The number of hydrogen-bond acceptors (Lipinski definition) is 8. The van der Waals surface area contributed by atoms with E-state index in [4.69, 9.17) is 18.9 Å². The molecule has 37 heavy (non-hydrogen) atoms. The van der Waals surface area contributed by atoms with Crippen molar-refractivity contribution in [1.82, 2.24) is 15.3 Å². The molecule has 1 aromatic heterocycles. The lowest BCUT2D eigenvalue weighted by atomic mass is 9.86. The third-order valence-corrected chi connectivity index (χ3v) is 6.32. The summed E-state index contributed by atoms with van der Waals surface area (Å²) in [6.45, 7) is 1.78. The van der Waals surface area contributed by atoms with Crippen LogP contribution in [0.1, 0.15) is 17.9 Å². The van der Waals surface area contributed by atoms with Crippen molar-refractivity contribution < 1.29 is 18.9 Å². The molecular weight excluding hydrogens is 468 g/mol. The fourth-order valence-electron chi connectivity index (χ4n) is 4.39. The van der Waals surface area contributed by atoms with Crippen molar-refractivity contribution >= 4 is 5.69 Å². The standard InChI is InChI=1S/C29H30N4O4/c1-34-21-8-12-23(13-9-21)36-28-27(19-31-29(33-28)37-24-14-10-22(35-2)11-15-24)32-26-18-30-17-16-25(26)20-6-4-3-5-7-20/h3-15,19,25-26,30,32H,16-18H2,1-2H3/t25-,26+/m0/s1. The molecule has 1 aliphatic rings. The summed E-state index contributed by atoms with van der Waals surface area (Å²) < 4.78 is 22.6. The van der Waals surface area contributed by atoms with Crippen molar-refractivity contribution in [3.8, 4) is 34.9 Å². The van der Waals surface area contributed by atoms with Gasteiger partial charge in [-0.05, 0) is 67.1 Å². The third kappa shape index (κ3) is 6.10. The molecule has 2 N–H and O–H groups in total. The number of benzene rings is 3. The lowest BCUT2D eigenvalue weighted by Gasteiger charge is -2.34. The second-order valence-corrected chi connectivity index (χ2v) is 8.69. The van der Waals surface area contributed by atoms with Gasteiger partial charge in [0.15, 0.2) is 0 Å². The van der Waals surface area contributed by atoms with Crippen LogP contribution < -0.4 is 29.6 Å². The van der Waals surface area contributed by atoms with Gasteiger partial charge in [0, 0.05) is 18.5 Å². The van der Waals surface area contributed by atoms with Crippen LogP contribution in [0.4, 0.5) is 5.69 Å². The van der Waals surface area contributed by atoms with Gasteiger partial charge in [-0.2, -0.15) is 4.98 Å². The number of piperidine rings is 1. The first-order valence-corrected chi connectivity index (χ1v) is 12.2. The molecule has 0 saturated carbocycles. The van der Waals surface area contributed by atoms with E-state index in [1.165, 1.54) is 5.56 Å². The molecule has 190 valence electrons. The van der Waals surface area contributed by atoms with Gasteiger partial charge in [0.05, 0.1) is 20.4 Å². The summed E-state index contributed by atoms with van der Waals surface area (Å²) in [7, 11) is 3.25. The average molecular weight is 499 g/mol. The zero-order valence-electron chi connectivity index (χ0n) is 20.9. The SMILES string of the molecule is COc1ccc(Oc2ncc(N[C@@H]3CNCC[C@H]3c3ccccc3)c(Oc3ccc(OC)cc3)n2)cc1. The maximum absolute atomic E-state index is 6.22. The van der Waals surface area contributed by atoms with Crippen molar-refractivity contribution in [3.05, 3.63) is 90.6 Å². The molecule has 3 aromatic carbocycles. The number of anilines is 1. The molecule has 1 fully saturated rings. The van der Waals surface area contributed by atoms with Gasteiger partial charge in [0.2, 0.25) is 5.88 Å². The number of nitrogens with zero attached hydrogens (tertiary/aromatic N) is 2. The fraction of sp³-hybridized carbons (Fsp3) is 0.241. The molecule has 5 rings (SSSR count). The average Bonchev–Trinajstić information content (AvgIpc) is 2.96. The minimum Gasteiger partial charge on any atom is -0.497 e. The zero-order valence-corrected chi connectivity index (χ0v) is 20.9. The molecule has 1 saturated heterocycles. The van der Waals surface area contributed by atoms with E-state index in [-0.39, 0.29) is 12.1 Å². The normalized spacial score (nSPS) is 17.0. The smallest absolute Gasteiger partial charge is 0.325 e. The van der Waals surface area contributed by atoms with Crippen LogP contribution in [0.25, 0.3) is 0 Å². The molecule has 4 aromatic rings. The predicted octanol–water partition coefficient (Wildman–Crippen LogP) is 5.64. The van der Waals surface area contributed by atoms with Gasteiger partial charge in [-0.3, -0.25) is 0 Å². The monoisotopic (exact) mass is 498 g/mol. The second-order valence-electron chi connectivity index (χ2n) is 8.69. The molecule has 2 heterocycles. The molecule has 0 unspecified atom stereocenters. The predicted molar refractivity (Wildman–Crippen MR) is 142 cm³/mol. The summed E-state index contributed by atoms with van der Waals surface area (Å²) in [5, 5.41) is 7.13. The van der Waals surface area contributed by atoms with Gasteiger partial charge in [-0.25, -0.2) is 4.98 Å².